The summed E-state index contributed by atoms with van der Waals surface area (Å²) >= 11 is 0. The molecule has 1 atom stereocenters. The molecule has 0 aromatic heterocycles. The van der Waals surface area contributed by atoms with E-state index in [0.717, 1.165) is 6.42 Å². The fourth-order valence-electron chi connectivity index (χ4n) is 2.13. The zero-order chi connectivity index (χ0) is 15.3. The maximum absolute atomic E-state index is 12.2. The molecule has 0 radical (unpaired) electrons. The molecule has 0 aliphatic rings. The van der Waals surface area contributed by atoms with Crippen LogP contribution in [0.2, 0.25) is 0 Å². The van der Waals surface area contributed by atoms with Crippen molar-refractivity contribution in [3.05, 3.63) is 34.4 Å². The van der Waals surface area contributed by atoms with Crippen LogP contribution in [0.3, 0.4) is 0 Å². The smallest absolute Gasteiger partial charge is 0.314 e. The second-order valence-corrected chi connectivity index (χ2v) is 5.48. The van der Waals surface area contributed by atoms with Crippen LogP contribution in [0.5, 0.6) is 5.75 Å². The molecule has 0 spiro atoms. The number of nitro groups is 1. The van der Waals surface area contributed by atoms with Crippen molar-refractivity contribution in [2.24, 2.45) is 11.3 Å². The first-order valence-corrected chi connectivity index (χ1v) is 6.78. The number of rotatable bonds is 6. The number of carbonyl (C=O) groups is 1. The molecule has 0 saturated carbocycles. The Bertz CT molecular complexity index is 496. The largest absolute Gasteiger partial charge is 0.426 e. The van der Waals surface area contributed by atoms with Crippen molar-refractivity contribution >= 4 is 11.7 Å². The van der Waals surface area contributed by atoms with Gasteiger partial charge in [-0.25, -0.2) is 0 Å². The van der Waals surface area contributed by atoms with Crippen LogP contribution in [0, 0.1) is 21.4 Å². The lowest BCUT2D eigenvalue weighted by Crippen LogP contribution is -2.33. The molecule has 20 heavy (non-hydrogen) atoms. The van der Waals surface area contributed by atoms with E-state index >= 15 is 0 Å². The predicted molar refractivity (Wildman–Crippen MR) is 76.6 cm³/mol. The third-order valence-corrected chi connectivity index (χ3v) is 3.79. The average molecular weight is 279 g/mol. The summed E-state index contributed by atoms with van der Waals surface area (Å²) in [6.45, 7) is 8.02. The molecule has 1 rings (SSSR count). The predicted octanol–water partition coefficient (Wildman–Crippen LogP) is 3.96. The lowest BCUT2D eigenvalue weighted by Gasteiger charge is -2.30. The summed E-state index contributed by atoms with van der Waals surface area (Å²) < 4.78 is 5.30. The highest BCUT2D eigenvalue weighted by molar-refractivity contribution is 5.76. The molecule has 0 aliphatic carbocycles. The van der Waals surface area contributed by atoms with Crippen LogP contribution in [-0.4, -0.2) is 10.9 Å². The number of carbonyl (C=O) groups excluding carboxylic acids is 1. The Balaban J connectivity index is 2.89. The summed E-state index contributed by atoms with van der Waals surface area (Å²) in [6, 6.07) is 5.69. The Kier molecular flexibility index (Phi) is 5.25. The van der Waals surface area contributed by atoms with E-state index in [1.54, 1.807) is 6.07 Å². The third kappa shape index (κ3) is 3.79. The van der Waals surface area contributed by atoms with E-state index in [4.69, 9.17) is 4.74 Å². The minimum absolute atomic E-state index is 0.0851. The van der Waals surface area contributed by atoms with E-state index in [2.05, 4.69) is 0 Å². The molecule has 0 bridgehead atoms. The van der Waals surface area contributed by atoms with Crippen LogP contribution in [0.15, 0.2) is 24.3 Å². The molecule has 0 saturated heterocycles. The topological polar surface area (TPSA) is 69.4 Å². The molecule has 110 valence electrons. The highest BCUT2D eigenvalue weighted by Crippen LogP contribution is 2.34. The first-order chi connectivity index (χ1) is 9.31. The zero-order valence-corrected chi connectivity index (χ0v) is 12.4. The van der Waals surface area contributed by atoms with Crippen molar-refractivity contribution in [1.82, 2.24) is 0 Å². The first kappa shape index (κ1) is 16.1. The fourth-order valence-corrected chi connectivity index (χ4v) is 2.13. The minimum atomic E-state index is -0.509. The number of benzene rings is 1. The number of hydrogen-bond acceptors (Lipinski definition) is 4. The Morgan fingerprint density at radius 2 is 2.05 bits per heavy atom. The molecule has 5 heteroatoms. The number of nitro benzene ring substituents is 1. The molecular formula is C15H21NO4. The van der Waals surface area contributed by atoms with Gasteiger partial charge in [0.25, 0.3) is 5.69 Å². The van der Waals surface area contributed by atoms with Crippen LogP contribution in [0.4, 0.5) is 5.69 Å². The lowest BCUT2D eigenvalue weighted by atomic mass is 9.75. The van der Waals surface area contributed by atoms with Crippen molar-refractivity contribution in [3.63, 3.8) is 0 Å². The van der Waals surface area contributed by atoms with E-state index in [1.165, 1.54) is 18.2 Å². The normalized spacial score (nSPS) is 12.8. The maximum atomic E-state index is 12.2. The molecular weight excluding hydrogens is 258 g/mol. The number of non-ortho nitro benzene ring substituents is 1. The second-order valence-electron chi connectivity index (χ2n) is 5.48. The van der Waals surface area contributed by atoms with Crippen molar-refractivity contribution in [3.8, 4) is 5.75 Å². The molecule has 1 aromatic rings. The number of esters is 1. The van der Waals surface area contributed by atoms with Crippen LogP contribution >= 0.6 is 0 Å². The van der Waals surface area contributed by atoms with E-state index in [9.17, 15) is 14.9 Å². The third-order valence-electron chi connectivity index (χ3n) is 3.79. The van der Waals surface area contributed by atoms with E-state index in [1.807, 2.05) is 27.7 Å². The molecule has 1 aromatic carbocycles. The summed E-state index contributed by atoms with van der Waals surface area (Å²) in [5.74, 6) is -0.346. The summed E-state index contributed by atoms with van der Waals surface area (Å²) in [4.78, 5) is 22.4. The molecule has 1 unspecified atom stereocenters. The van der Waals surface area contributed by atoms with E-state index in [-0.39, 0.29) is 28.7 Å². The highest BCUT2D eigenvalue weighted by Gasteiger charge is 2.33. The van der Waals surface area contributed by atoms with Gasteiger partial charge in [-0.05, 0) is 17.9 Å². The Hall–Kier alpha value is -1.91. The van der Waals surface area contributed by atoms with Crippen molar-refractivity contribution in [1.29, 1.82) is 0 Å². The monoisotopic (exact) mass is 279 g/mol. The Labute approximate surface area is 119 Å². The molecule has 0 amide bonds. The van der Waals surface area contributed by atoms with Crippen molar-refractivity contribution in [2.45, 2.75) is 40.5 Å². The molecule has 0 N–H and O–H groups in total. The van der Waals surface area contributed by atoms with Gasteiger partial charge < -0.3 is 4.74 Å². The van der Waals surface area contributed by atoms with E-state index in [0.29, 0.717) is 6.42 Å². The SMILES string of the molecule is CCC(C(=O)Oc1cccc([N+](=O)[O-])c1)C(C)(C)CC. The Morgan fingerprint density at radius 1 is 1.40 bits per heavy atom. The van der Waals surface area contributed by atoms with Gasteiger partial charge in [-0.1, -0.05) is 40.2 Å². The molecule has 5 nitrogen and oxygen atoms in total. The van der Waals surface area contributed by atoms with Gasteiger partial charge in [0.05, 0.1) is 16.9 Å². The number of hydrogen-bond donors (Lipinski definition) is 0. The van der Waals surface area contributed by atoms with Gasteiger partial charge in [0.1, 0.15) is 5.75 Å². The second kappa shape index (κ2) is 6.50. The summed E-state index contributed by atoms with van der Waals surface area (Å²) in [7, 11) is 0. The van der Waals surface area contributed by atoms with Gasteiger partial charge in [0, 0.05) is 6.07 Å². The van der Waals surface area contributed by atoms with Crippen LogP contribution < -0.4 is 4.74 Å². The maximum Gasteiger partial charge on any atom is 0.314 e. The highest BCUT2D eigenvalue weighted by atomic mass is 16.6. The van der Waals surface area contributed by atoms with Gasteiger partial charge >= 0.3 is 5.97 Å². The molecule has 0 heterocycles. The van der Waals surface area contributed by atoms with Gasteiger partial charge in [-0.2, -0.15) is 0 Å². The number of nitrogens with zero attached hydrogens (tertiary/aromatic N) is 1. The summed E-state index contributed by atoms with van der Waals surface area (Å²) in [6.07, 6.45) is 1.53. The summed E-state index contributed by atoms with van der Waals surface area (Å²) in [5, 5.41) is 10.7. The van der Waals surface area contributed by atoms with Crippen molar-refractivity contribution in [2.75, 3.05) is 0 Å². The van der Waals surface area contributed by atoms with Crippen LogP contribution in [0.1, 0.15) is 40.5 Å². The quantitative estimate of drug-likeness (QED) is 0.342. The fraction of sp³-hybridized carbons (Fsp3) is 0.533. The van der Waals surface area contributed by atoms with Crippen LogP contribution in [-0.2, 0) is 4.79 Å². The van der Waals surface area contributed by atoms with E-state index < -0.39 is 4.92 Å². The Morgan fingerprint density at radius 3 is 2.55 bits per heavy atom. The summed E-state index contributed by atoms with van der Waals surface area (Å²) in [5.41, 5.74) is -0.245. The minimum Gasteiger partial charge on any atom is -0.426 e. The van der Waals surface area contributed by atoms with Gasteiger partial charge in [-0.15, -0.1) is 0 Å². The van der Waals surface area contributed by atoms with Gasteiger partial charge in [0.2, 0.25) is 0 Å². The lowest BCUT2D eigenvalue weighted by molar-refractivity contribution is -0.384. The standard InChI is InChI=1S/C15H21NO4/c1-5-13(15(3,4)6-2)14(17)20-12-9-7-8-11(10-12)16(18)19/h7-10,13H,5-6H2,1-4H3. The van der Waals surface area contributed by atoms with Gasteiger partial charge in [-0.3, -0.25) is 14.9 Å². The number of ether oxygens (including phenoxy) is 1. The average Bonchev–Trinajstić information content (AvgIpc) is 2.39. The zero-order valence-electron chi connectivity index (χ0n) is 12.4. The molecule has 0 aliphatic heterocycles. The van der Waals surface area contributed by atoms with Crippen molar-refractivity contribution < 1.29 is 14.5 Å². The first-order valence-electron chi connectivity index (χ1n) is 6.78. The molecule has 0 fully saturated rings. The van der Waals surface area contributed by atoms with Gasteiger partial charge in [0.15, 0.2) is 0 Å². The van der Waals surface area contributed by atoms with Crippen LogP contribution in [0.25, 0.3) is 0 Å².